The fourth-order valence-corrected chi connectivity index (χ4v) is 2.08. The van der Waals surface area contributed by atoms with Crippen molar-refractivity contribution < 1.29 is 30.0 Å². The Morgan fingerprint density at radius 1 is 1.15 bits per heavy atom. The topological polar surface area (TPSA) is 119 Å². The van der Waals surface area contributed by atoms with Crippen LogP contribution in [0.15, 0.2) is 30.3 Å². The summed E-state index contributed by atoms with van der Waals surface area (Å²) in [6.45, 7) is -0.547. The van der Waals surface area contributed by atoms with Gasteiger partial charge in [-0.2, -0.15) is 0 Å². The van der Waals surface area contributed by atoms with Crippen molar-refractivity contribution in [3.8, 4) is 0 Å². The average Bonchev–Trinajstić information content (AvgIpc) is 2.48. The maximum absolute atomic E-state index is 11.9. The van der Waals surface area contributed by atoms with E-state index in [4.69, 9.17) is 9.84 Å². The third-order valence-electron chi connectivity index (χ3n) is 3.23. The van der Waals surface area contributed by atoms with E-state index in [0.29, 0.717) is 5.56 Å². The molecule has 1 aromatic rings. The number of hydrogen-bond acceptors (Lipinski definition) is 6. The highest BCUT2D eigenvalue weighted by atomic mass is 16.6. The summed E-state index contributed by atoms with van der Waals surface area (Å²) in [5.74, 6) is -0.507. The van der Waals surface area contributed by atoms with Gasteiger partial charge in [-0.1, -0.05) is 18.2 Å². The second-order valence-corrected chi connectivity index (χ2v) is 4.59. The first kappa shape index (κ1) is 14.9. The van der Waals surface area contributed by atoms with Crippen molar-refractivity contribution in [2.24, 2.45) is 0 Å². The van der Waals surface area contributed by atoms with E-state index in [1.54, 1.807) is 30.3 Å². The first-order valence-corrected chi connectivity index (χ1v) is 6.21. The lowest BCUT2D eigenvalue weighted by Crippen LogP contribution is -2.64. The highest BCUT2D eigenvalue weighted by Gasteiger charge is 2.44. The van der Waals surface area contributed by atoms with Crippen LogP contribution in [0.4, 0.5) is 0 Å². The summed E-state index contributed by atoms with van der Waals surface area (Å²) in [6.07, 6.45) is -5.45. The van der Waals surface area contributed by atoms with E-state index in [2.05, 4.69) is 5.32 Å². The van der Waals surface area contributed by atoms with Crippen LogP contribution in [0.2, 0.25) is 0 Å². The van der Waals surface area contributed by atoms with E-state index in [0.717, 1.165) is 0 Å². The molecule has 1 aliphatic heterocycles. The first-order chi connectivity index (χ1) is 9.54. The monoisotopic (exact) mass is 283 g/mol. The van der Waals surface area contributed by atoms with Crippen LogP contribution in [-0.4, -0.2) is 63.6 Å². The fraction of sp³-hybridized carbons (Fsp3) is 0.462. The molecule has 1 aliphatic rings. The second kappa shape index (κ2) is 6.29. The molecule has 0 saturated carbocycles. The van der Waals surface area contributed by atoms with Crippen molar-refractivity contribution in [2.75, 3.05) is 6.61 Å². The van der Waals surface area contributed by atoms with Crippen LogP contribution in [0, 0.1) is 0 Å². The van der Waals surface area contributed by atoms with E-state index < -0.39 is 43.2 Å². The van der Waals surface area contributed by atoms with Crippen molar-refractivity contribution in [3.63, 3.8) is 0 Å². The van der Waals surface area contributed by atoms with Gasteiger partial charge >= 0.3 is 0 Å². The van der Waals surface area contributed by atoms with E-state index >= 15 is 0 Å². The predicted octanol–water partition coefficient (Wildman–Crippen LogP) is -1.78. The van der Waals surface area contributed by atoms with Crippen LogP contribution in [0.3, 0.4) is 0 Å². The second-order valence-electron chi connectivity index (χ2n) is 4.59. The molecule has 2 unspecified atom stereocenters. The van der Waals surface area contributed by atoms with Gasteiger partial charge in [0.15, 0.2) is 6.29 Å². The van der Waals surface area contributed by atoms with Gasteiger partial charge in [-0.25, -0.2) is 0 Å². The van der Waals surface area contributed by atoms with Gasteiger partial charge in [0.1, 0.15) is 24.4 Å². The van der Waals surface area contributed by atoms with Gasteiger partial charge in [0.05, 0.1) is 6.61 Å². The van der Waals surface area contributed by atoms with Crippen molar-refractivity contribution in [1.29, 1.82) is 0 Å². The van der Waals surface area contributed by atoms with Gasteiger partial charge in [-0.3, -0.25) is 4.79 Å². The van der Waals surface area contributed by atoms with Crippen LogP contribution < -0.4 is 5.32 Å². The Morgan fingerprint density at radius 2 is 1.80 bits per heavy atom. The van der Waals surface area contributed by atoms with Crippen LogP contribution in [0.5, 0.6) is 0 Å². The standard InChI is InChI=1S/C13H17NO6/c15-6-8-10(16)11(17)9(13(19)20-8)14-12(18)7-4-2-1-3-5-7/h1-5,8-11,13,15-17,19H,6H2,(H,14,18)/t8?,9?,10-,11-,13+/m1/s1. The largest absolute Gasteiger partial charge is 0.394 e. The molecule has 0 radical (unpaired) electrons. The van der Waals surface area contributed by atoms with E-state index in [9.17, 15) is 20.1 Å². The number of carbonyl (C=O) groups excluding carboxylic acids is 1. The van der Waals surface area contributed by atoms with Gasteiger partial charge in [0.2, 0.25) is 0 Å². The average molecular weight is 283 g/mol. The lowest BCUT2D eigenvalue weighted by molar-refractivity contribution is -0.252. The number of rotatable bonds is 3. The molecule has 5 N–H and O–H groups in total. The van der Waals surface area contributed by atoms with E-state index in [-0.39, 0.29) is 0 Å². The Labute approximate surface area is 115 Å². The van der Waals surface area contributed by atoms with Crippen molar-refractivity contribution in [2.45, 2.75) is 30.6 Å². The molecule has 5 atom stereocenters. The van der Waals surface area contributed by atoms with Gasteiger partial charge in [-0.15, -0.1) is 0 Å². The summed E-state index contributed by atoms with van der Waals surface area (Å²) < 4.78 is 4.95. The van der Waals surface area contributed by atoms with E-state index in [1.807, 2.05) is 0 Å². The molecule has 0 aromatic heterocycles. The van der Waals surface area contributed by atoms with Crippen LogP contribution in [0.1, 0.15) is 10.4 Å². The van der Waals surface area contributed by atoms with Crippen molar-refractivity contribution in [1.82, 2.24) is 5.32 Å². The fourth-order valence-electron chi connectivity index (χ4n) is 2.08. The smallest absolute Gasteiger partial charge is 0.251 e. The minimum atomic E-state index is -1.52. The Balaban J connectivity index is 2.07. The molecule has 1 amide bonds. The molecule has 2 rings (SSSR count). The summed E-state index contributed by atoms with van der Waals surface area (Å²) in [7, 11) is 0. The maximum atomic E-state index is 11.9. The molecule has 7 nitrogen and oxygen atoms in total. The number of aliphatic hydroxyl groups excluding tert-OH is 4. The van der Waals surface area contributed by atoms with Crippen LogP contribution >= 0.6 is 0 Å². The molecule has 20 heavy (non-hydrogen) atoms. The first-order valence-electron chi connectivity index (χ1n) is 6.21. The molecule has 1 heterocycles. The van der Waals surface area contributed by atoms with Gasteiger partial charge in [0.25, 0.3) is 5.91 Å². The van der Waals surface area contributed by atoms with Crippen molar-refractivity contribution in [3.05, 3.63) is 35.9 Å². The molecule has 1 saturated heterocycles. The molecule has 7 heteroatoms. The number of benzene rings is 1. The molecular weight excluding hydrogens is 266 g/mol. The Morgan fingerprint density at radius 3 is 2.40 bits per heavy atom. The molecule has 0 aliphatic carbocycles. The van der Waals surface area contributed by atoms with Crippen molar-refractivity contribution >= 4 is 5.91 Å². The zero-order chi connectivity index (χ0) is 14.7. The summed E-state index contributed by atoms with van der Waals surface area (Å²) in [6, 6.07) is 7.07. The Kier molecular flexibility index (Phi) is 4.69. The predicted molar refractivity (Wildman–Crippen MR) is 67.7 cm³/mol. The molecule has 1 fully saturated rings. The number of nitrogens with one attached hydrogen (secondary N) is 1. The third kappa shape index (κ3) is 2.97. The number of hydrogen-bond donors (Lipinski definition) is 5. The quantitative estimate of drug-likeness (QED) is 0.447. The molecular formula is C13H17NO6. The highest BCUT2D eigenvalue weighted by Crippen LogP contribution is 2.20. The molecule has 1 aromatic carbocycles. The Bertz CT molecular complexity index is 453. The molecule has 110 valence electrons. The van der Waals surface area contributed by atoms with Gasteiger partial charge in [-0.05, 0) is 12.1 Å². The zero-order valence-corrected chi connectivity index (χ0v) is 10.6. The summed E-state index contributed by atoms with van der Waals surface area (Å²) >= 11 is 0. The lowest BCUT2D eigenvalue weighted by atomic mass is 9.97. The minimum absolute atomic E-state index is 0.352. The molecule has 0 spiro atoms. The zero-order valence-electron chi connectivity index (χ0n) is 10.6. The van der Waals surface area contributed by atoms with E-state index in [1.165, 1.54) is 0 Å². The number of ether oxygens (including phenoxy) is 1. The Hall–Kier alpha value is -1.51. The van der Waals surface area contributed by atoms with Crippen LogP contribution in [0.25, 0.3) is 0 Å². The van der Waals surface area contributed by atoms with Gasteiger partial charge < -0.3 is 30.5 Å². The number of amides is 1. The molecule has 0 bridgehead atoms. The third-order valence-corrected chi connectivity index (χ3v) is 3.23. The summed E-state index contributed by atoms with van der Waals surface area (Å²) in [5, 5.41) is 40.7. The highest BCUT2D eigenvalue weighted by molar-refractivity contribution is 5.94. The maximum Gasteiger partial charge on any atom is 0.251 e. The number of aliphatic hydroxyl groups is 4. The summed E-state index contributed by atoms with van der Waals surface area (Å²) in [5.41, 5.74) is 0.352. The van der Waals surface area contributed by atoms with Crippen LogP contribution in [-0.2, 0) is 4.74 Å². The summed E-state index contributed by atoms with van der Waals surface area (Å²) in [4.78, 5) is 11.9. The van der Waals surface area contributed by atoms with Gasteiger partial charge in [0, 0.05) is 5.56 Å². The lowest BCUT2D eigenvalue weighted by Gasteiger charge is -2.40. The number of carbonyl (C=O) groups is 1. The SMILES string of the molecule is O=C(NC1[C@@H](O)[C@H](O)C(CO)O[C@@H]1O)c1ccccc1. The normalized spacial score (nSPS) is 33.7. The minimum Gasteiger partial charge on any atom is -0.394 e.